The van der Waals surface area contributed by atoms with Crippen LogP contribution in [0.5, 0.6) is 0 Å². The van der Waals surface area contributed by atoms with Crippen LogP contribution < -0.4 is 5.32 Å². The van der Waals surface area contributed by atoms with E-state index >= 15 is 0 Å². The summed E-state index contributed by atoms with van der Waals surface area (Å²) < 4.78 is 10.9. The van der Waals surface area contributed by atoms with Gasteiger partial charge in [-0.15, -0.1) is 24.0 Å². The fraction of sp³-hybridized carbons (Fsp3) is 0.684. The van der Waals surface area contributed by atoms with Crippen LogP contribution in [0.2, 0.25) is 0 Å². The molecule has 1 amide bonds. The Kier molecular flexibility index (Phi) is 9.42. The van der Waals surface area contributed by atoms with E-state index in [0.717, 1.165) is 58.2 Å². The average Bonchev–Trinajstić information content (AvgIpc) is 3.26. The summed E-state index contributed by atoms with van der Waals surface area (Å²) in [4.78, 5) is 21.5. The quantitative estimate of drug-likeness (QED) is 0.364. The lowest BCUT2D eigenvalue weighted by atomic mass is 9.99. The Labute approximate surface area is 188 Å². The molecule has 158 valence electrons. The van der Waals surface area contributed by atoms with Gasteiger partial charge < -0.3 is 24.3 Å². The topological polar surface area (TPSA) is 70.3 Å². The molecule has 28 heavy (non-hydrogen) atoms. The summed E-state index contributed by atoms with van der Waals surface area (Å²) in [6.07, 6.45) is 5.80. The van der Waals surface area contributed by atoms with E-state index in [2.05, 4.69) is 23.4 Å². The van der Waals surface area contributed by atoms with E-state index in [9.17, 15) is 4.79 Å². The number of hydrogen-bond acceptors (Lipinski definition) is 5. The molecule has 2 aliphatic rings. The summed E-state index contributed by atoms with van der Waals surface area (Å²) in [5.41, 5.74) is 0. The molecule has 0 unspecified atom stereocenters. The van der Waals surface area contributed by atoms with Gasteiger partial charge in [-0.2, -0.15) is 11.8 Å². The number of nitrogens with zero attached hydrogens (tertiary/aromatic N) is 3. The minimum absolute atomic E-state index is 0. The van der Waals surface area contributed by atoms with Gasteiger partial charge in [0.25, 0.3) is 5.91 Å². The van der Waals surface area contributed by atoms with Crippen molar-refractivity contribution >= 4 is 47.6 Å². The highest BCUT2D eigenvalue weighted by Crippen LogP contribution is 2.34. The predicted molar refractivity (Wildman–Crippen MR) is 124 cm³/mol. The molecule has 1 N–H and O–H groups in total. The highest BCUT2D eigenvalue weighted by Gasteiger charge is 2.32. The van der Waals surface area contributed by atoms with Crippen molar-refractivity contribution in [1.29, 1.82) is 0 Å². The van der Waals surface area contributed by atoms with Crippen LogP contribution in [-0.4, -0.2) is 85.2 Å². The van der Waals surface area contributed by atoms with Crippen LogP contribution in [0.15, 0.2) is 27.8 Å². The molecule has 0 radical (unpaired) electrons. The second-order valence-corrected chi connectivity index (χ2v) is 8.20. The van der Waals surface area contributed by atoms with Crippen molar-refractivity contribution < 1.29 is 13.9 Å². The molecular weight excluding hydrogens is 491 g/mol. The van der Waals surface area contributed by atoms with E-state index in [4.69, 9.17) is 14.1 Å². The summed E-state index contributed by atoms with van der Waals surface area (Å²) in [6, 6.07) is 3.47. The highest BCUT2D eigenvalue weighted by atomic mass is 127. The summed E-state index contributed by atoms with van der Waals surface area (Å²) in [7, 11) is 0. The molecule has 0 atom stereocenters. The molecule has 2 saturated heterocycles. The number of guanidine groups is 1. The molecule has 3 rings (SSSR count). The van der Waals surface area contributed by atoms with Gasteiger partial charge in [0, 0.05) is 50.7 Å². The van der Waals surface area contributed by atoms with Gasteiger partial charge in [-0.25, -0.2) is 0 Å². The number of amides is 1. The van der Waals surface area contributed by atoms with E-state index < -0.39 is 0 Å². The van der Waals surface area contributed by atoms with Crippen molar-refractivity contribution in [3.05, 3.63) is 24.2 Å². The summed E-state index contributed by atoms with van der Waals surface area (Å²) >= 11 is 1.91. The molecule has 1 aromatic heterocycles. The lowest BCUT2D eigenvalue weighted by Crippen LogP contribution is -2.54. The zero-order chi connectivity index (χ0) is 19.1. The van der Waals surface area contributed by atoms with Crippen molar-refractivity contribution in [1.82, 2.24) is 15.1 Å². The number of hydrogen-bond donors (Lipinski definition) is 1. The number of ether oxygens (including phenoxy) is 1. The number of piperazine rings is 1. The van der Waals surface area contributed by atoms with Gasteiger partial charge >= 0.3 is 0 Å². The second kappa shape index (κ2) is 11.3. The van der Waals surface area contributed by atoms with E-state index in [1.54, 1.807) is 12.1 Å². The number of furan rings is 1. The monoisotopic (exact) mass is 522 g/mol. The van der Waals surface area contributed by atoms with E-state index in [1.165, 1.54) is 6.26 Å². The molecule has 2 aliphatic heterocycles. The molecule has 2 fully saturated rings. The Morgan fingerprint density at radius 3 is 2.50 bits per heavy atom. The minimum Gasteiger partial charge on any atom is -0.459 e. The number of rotatable bonds is 5. The fourth-order valence-electron chi connectivity index (χ4n) is 3.49. The Balaban J connectivity index is 0.00000280. The van der Waals surface area contributed by atoms with Crippen molar-refractivity contribution in [3.63, 3.8) is 0 Å². The van der Waals surface area contributed by atoms with Crippen LogP contribution in [0, 0.1) is 0 Å². The maximum absolute atomic E-state index is 12.4. The van der Waals surface area contributed by atoms with E-state index in [1.807, 2.05) is 16.7 Å². The molecule has 0 bridgehead atoms. The molecular formula is C19H31IN4O3S. The summed E-state index contributed by atoms with van der Waals surface area (Å²) in [6.45, 7) is 8.25. The van der Waals surface area contributed by atoms with Crippen molar-refractivity contribution in [3.8, 4) is 0 Å². The van der Waals surface area contributed by atoms with Crippen molar-refractivity contribution in [2.45, 2.75) is 24.5 Å². The van der Waals surface area contributed by atoms with Crippen LogP contribution in [-0.2, 0) is 4.74 Å². The maximum atomic E-state index is 12.4. The number of carbonyl (C=O) groups is 1. The Bertz CT molecular complexity index is 627. The first-order valence-corrected chi connectivity index (χ1v) is 10.9. The van der Waals surface area contributed by atoms with Crippen LogP contribution in [0.3, 0.4) is 0 Å². The number of thioether (sulfide) groups is 1. The maximum Gasteiger partial charge on any atom is 0.289 e. The predicted octanol–water partition coefficient (Wildman–Crippen LogP) is 2.53. The minimum atomic E-state index is -0.0369. The van der Waals surface area contributed by atoms with Gasteiger partial charge in [-0.05, 0) is 38.2 Å². The van der Waals surface area contributed by atoms with Gasteiger partial charge in [0.15, 0.2) is 11.7 Å². The molecule has 0 aliphatic carbocycles. The zero-order valence-electron chi connectivity index (χ0n) is 16.7. The molecule has 7 nitrogen and oxygen atoms in total. The largest absolute Gasteiger partial charge is 0.459 e. The fourth-order valence-corrected chi connectivity index (χ4v) is 4.26. The lowest BCUT2D eigenvalue weighted by Gasteiger charge is -2.37. The number of halogens is 1. The summed E-state index contributed by atoms with van der Waals surface area (Å²) in [5.74, 6) is 1.32. The van der Waals surface area contributed by atoms with E-state index in [0.29, 0.717) is 18.8 Å². The first kappa shape index (κ1) is 23.3. The van der Waals surface area contributed by atoms with Crippen LogP contribution in [0.25, 0.3) is 0 Å². The van der Waals surface area contributed by atoms with Crippen molar-refractivity contribution in [2.75, 3.05) is 58.7 Å². The third kappa shape index (κ3) is 5.79. The second-order valence-electron chi connectivity index (χ2n) is 6.93. The van der Waals surface area contributed by atoms with Gasteiger partial charge in [-0.3, -0.25) is 9.79 Å². The molecule has 0 aromatic carbocycles. The first-order valence-electron chi connectivity index (χ1n) is 9.66. The molecule has 0 saturated carbocycles. The summed E-state index contributed by atoms with van der Waals surface area (Å²) in [5, 5.41) is 3.42. The SMILES string of the molecule is CCNC(=NCC1(SC)CCOCC1)N1CCN(C(=O)c2ccco2)CC1.I. The lowest BCUT2D eigenvalue weighted by molar-refractivity contribution is 0.0657. The van der Waals surface area contributed by atoms with E-state index in [-0.39, 0.29) is 34.6 Å². The third-order valence-electron chi connectivity index (χ3n) is 5.29. The number of aliphatic imine (C=N–C) groups is 1. The first-order chi connectivity index (χ1) is 13.2. The number of carbonyl (C=O) groups excluding carboxylic acids is 1. The zero-order valence-corrected chi connectivity index (χ0v) is 19.8. The number of nitrogens with one attached hydrogen (secondary N) is 1. The Hall–Kier alpha value is -0.940. The van der Waals surface area contributed by atoms with Crippen molar-refractivity contribution in [2.24, 2.45) is 4.99 Å². The highest BCUT2D eigenvalue weighted by molar-refractivity contribution is 14.0. The molecule has 0 spiro atoms. The van der Waals surface area contributed by atoms with Gasteiger partial charge in [-0.1, -0.05) is 0 Å². The Morgan fingerprint density at radius 1 is 1.25 bits per heavy atom. The van der Waals surface area contributed by atoms with Crippen LogP contribution in [0.4, 0.5) is 0 Å². The molecule has 3 heterocycles. The standard InChI is InChI=1S/C19H30N4O3S.HI/c1-3-20-18(21-15-19(27-2)6-13-25-14-7-19)23-10-8-22(9-11-23)17(24)16-5-4-12-26-16;/h4-5,12H,3,6-11,13-15H2,1-2H3,(H,20,21);1H. The molecule has 1 aromatic rings. The van der Waals surface area contributed by atoms with Gasteiger partial charge in [0.2, 0.25) is 0 Å². The average molecular weight is 522 g/mol. The van der Waals surface area contributed by atoms with Crippen LogP contribution in [0.1, 0.15) is 30.3 Å². The van der Waals surface area contributed by atoms with Gasteiger partial charge in [0.05, 0.1) is 12.8 Å². The molecule has 9 heteroatoms. The normalized spacial score (nSPS) is 19.9. The van der Waals surface area contributed by atoms with Crippen LogP contribution >= 0.6 is 35.7 Å². The Morgan fingerprint density at radius 2 is 1.93 bits per heavy atom. The third-order valence-corrected chi connectivity index (χ3v) is 6.69. The van der Waals surface area contributed by atoms with Gasteiger partial charge in [0.1, 0.15) is 0 Å². The smallest absolute Gasteiger partial charge is 0.289 e.